The molecule has 0 amide bonds. The monoisotopic (exact) mass is 1040 g/mol. The standard InChI is InChI=1S/C64H70N4O9/c1-63(2,3)51-37-47(39-53(67-31-27-65(7)28-32-67)59(51)75-41-45-15-11-9-12-16-45)55(69)25-21-43-19-23-49(57(71)35-43)62(74)77-58-36-44(20-24-50(58)61(72)73)22-26-56(70)48-38-52(64(4,5)6)60(76-42-46-17-13-10-14-18-46)54(40-48)68-33-29-66(8)30-34-68/h9-20,22-24,26,35-40,55,69,71H,27-34,41-42H2,1-8H3,(H,72,73)/b26-22+. The highest BCUT2D eigenvalue weighted by molar-refractivity contribution is 6.08. The zero-order valence-electron chi connectivity index (χ0n) is 45.4. The quantitative estimate of drug-likeness (QED) is 0.0294. The number of ketones is 1. The Balaban J connectivity index is 1.01. The van der Waals surface area contributed by atoms with E-state index in [-0.39, 0.29) is 33.5 Å². The molecule has 2 aliphatic heterocycles. The van der Waals surface area contributed by atoms with Crippen LogP contribution in [0.5, 0.6) is 23.0 Å². The van der Waals surface area contributed by atoms with Crippen LogP contribution < -0.4 is 24.0 Å². The fourth-order valence-corrected chi connectivity index (χ4v) is 9.33. The first-order valence-corrected chi connectivity index (χ1v) is 26.1. The lowest BCUT2D eigenvalue weighted by Crippen LogP contribution is -2.44. The number of esters is 1. The summed E-state index contributed by atoms with van der Waals surface area (Å²) in [7, 11) is 4.19. The van der Waals surface area contributed by atoms with Gasteiger partial charge in [-0.15, -0.1) is 0 Å². The molecule has 3 N–H and O–H groups in total. The Hall–Kier alpha value is -7.89. The van der Waals surface area contributed by atoms with E-state index in [2.05, 4.69) is 87.1 Å². The predicted molar refractivity (Wildman–Crippen MR) is 303 cm³/mol. The van der Waals surface area contributed by atoms with Crippen molar-refractivity contribution in [3.63, 3.8) is 0 Å². The molecule has 400 valence electrons. The number of likely N-dealkylation sites (N-methyl/N-ethyl adjacent to an activating group) is 2. The van der Waals surface area contributed by atoms with Gasteiger partial charge in [0.2, 0.25) is 0 Å². The molecule has 77 heavy (non-hydrogen) atoms. The number of benzene rings is 6. The molecule has 1 unspecified atom stereocenters. The Labute approximate surface area is 452 Å². The molecule has 2 fully saturated rings. The minimum absolute atomic E-state index is 0.233. The van der Waals surface area contributed by atoms with Gasteiger partial charge in [-0.3, -0.25) is 4.79 Å². The van der Waals surface area contributed by atoms with Crippen LogP contribution in [0.4, 0.5) is 11.4 Å². The second-order valence-electron chi connectivity index (χ2n) is 22.0. The number of carbonyl (C=O) groups is 3. The summed E-state index contributed by atoms with van der Waals surface area (Å²) in [4.78, 5) is 49.3. The minimum Gasteiger partial charge on any atom is -0.507 e. The van der Waals surface area contributed by atoms with E-state index in [4.69, 9.17) is 14.2 Å². The van der Waals surface area contributed by atoms with Gasteiger partial charge in [0.1, 0.15) is 53.4 Å². The van der Waals surface area contributed by atoms with Crippen molar-refractivity contribution in [2.75, 3.05) is 76.3 Å². The van der Waals surface area contributed by atoms with Gasteiger partial charge in [0.05, 0.1) is 11.4 Å². The number of allylic oxidation sites excluding steroid dienone is 1. The zero-order chi connectivity index (χ0) is 55.0. The second kappa shape index (κ2) is 24.0. The smallest absolute Gasteiger partial charge is 0.347 e. The normalized spacial score (nSPS) is 14.9. The molecule has 0 bridgehead atoms. The number of hydrogen-bond acceptors (Lipinski definition) is 12. The van der Waals surface area contributed by atoms with Gasteiger partial charge in [0.25, 0.3) is 0 Å². The first kappa shape index (κ1) is 55.3. The second-order valence-corrected chi connectivity index (χ2v) is 22.0. The van der Waals surface area contributed by atoms with Gasteiger partial charge in [-0.05, 0) is 108 Å². The van der Waals surface area contributed by atoms with E-state index in [9.17, 15) is 29.7 Å². The lowest BCUT2D eigenvalue weighted by atomic mass is 9.84. The highest BCUT2D eigenvalue weighted by Gasteiger charge is 2.30. The van der Waals surface area contributed by atoms with Crippen LogP contribution >= 0.6 is 0 Å². The van der Waals surface area contributed by atoms with E-state index >= 15 is 0 Å². The van der Waals surface area contributed by atoms with E-state index in [1.807, 2.05) is 84.9 Å². The highest BCUT2D eigenvalue weighted by atomic mass is 16.5. The Morgan fingerprint density at radius 2 is 1.16 bits per heavy atom. The number of anilines is 2. The maximum atomic E-state index is 14.1. The molecule has 8 rings (SSSR count). The number of phenolic OH excluding ortho intramolecular Hbond substituents is 1. The third-order valence-corrected chi connectivity index (χ3v) is 14.0. The Morgan fingerprint density at radius 3 is 1.68 bits per heavy atom. The van der Waals surface area contributed by atoms with Gasteiger partial charge in [-0.2, -0.15) is 0 Å². The number of rotatable bonds is 15. The molecular weight excluding hydrogens is 969 g/mol. The summed E-state index contributed by atoms with van der Waals surface area (Å²) in [6.07, 6.45) is 1.74. The maximum Gasteiger partial charge on any atom is 0.347 e. The van der Waals surface area contributed by atoms with E-state index < -0.39 is 23.8 Å². The maximum absolute atomic E-state index is 14.1. The predicted octanol–water partition coefficient (Wildman–Crippen LogP) is 10.5. The van der Waals surface area contributed by atoms with Crippen LogP contribution in [0.2, 0.25) is 0 Å². The SMILES string of the molecule is CN1CCN(c2cc(C(=O)/C=C/c3ccc(C(=O)O)c(OC(=O)c4ccc(C#CC(O)c5cc(N6CCN(C)CC6)c(OCc6ccccc6)c(C(C)(C)C)c5)cc4O)c3)cc(C(C)(C)C)c2OCc2ccccc2)CC1. The molecule has 2 aliphatic rings. The fourth-order valence-electron chi connectivity index (χ4n) is 9.33. The van der Waals surface area contributed by atoms with Crippen LogP contribution in [0, 0.1) is 11.8 Å². The topological polar surface area (TPSA) is 153 Å². The lowest BCUT2D eigenvalue weighted by Gasteiger charge is -2.37. The van der Waals surface area contributed by atoms with Gasteiger partial charge < -0.3 is 49.1 Å². The molecular formula is C64H70N4O9. The average molecular weight is 1040 g/mol. The number of aliphatic hydroxyl groups excluding tert-OH is 1. The highest BCUT2D eigenvalue weighted by Crippen LogP contribution is 2.44. The molecule has 2 heterocycles. The Morgan fingerprint density at radius 1 is 0.636 bits per heavy atom. The zero-order valence-corrected chi connectivity index (χ0v) is 45.4. The van der Waals surface area contributed by atoms with Crippen molar-refractivity contribution in [1.82, 2.24) is 9.80 Å². The lowest BCUT2D eigenvalue weighted by molar-refractivity contribution is 0.0680. The van der Waals surface area contributed by atoms with Crippen LogP contribution in [0.25, 0.3) is 6.08 Å². The van der Waals surface area contributed by atoms with Gasteiger partial charge in [-0.1, -0.05) is 126 Å². The molecule has 6 aromatic carbocycles. The number of nitrogens with zero attached hydrogens (tertiary/aromatic N) is 4. The van der Waals surface area contributed by atoms with Gasteiger partial charge in [-0.25, -0.2) is 9.59 Å². The number of aromatic carboxylic acids is 1. The molecule has 13 heteroatoms. The molecule has 0 saturated carbocycles. The van der Waals surface area contributed by atoms with Crippen LogP contribution in [0.1, 0.15) is 118 Å². The molecule has 0 aromatic heterocycles. The molecule has 2 saturated heterocycles. The van der Waals surface area contributed by atoms with Crippen molar-refractivity contribution in [2.24, 2.45) is 0 Å². The van der Waals surface area contributed by atoms with Crippen molar-refractivity contribution in [3.8, 4) is 34.8 Å². The van der Waals surface area contributed by atoms with E-state index in [1.54, 1.807) is 6.08 Å². The van der Waals surface area contributed by atoms with Gasteiger partial charge >= 0.3 is 11.9 Å². The summed E-state index contributed by atoms with van der Waals surface area (Å²) >= 11 is 0. The summed E-state index contributed by atoms with van der Waals surface area (Å²) in [6.45, 7) is 19.9. The van der Waals surface area contributed by atoms with Crippen molar-refractivity contribution in [3.05, 3.63) is 183 Å². The third kappa shape index (κ3) is 13.9. The number of hydrogen-bond donors (Lipinski definition) is 3. The number of ether oxygens (including phenoxy) is 3. The Bertz CT molecular complexity index is 3190. The third-order valence-electron chi connectivity index (χ3n) is 14.0. The largest absolute Gasteiger partial charge is 0.507 e. The van der Waals surface area contributed by atoms with Crippen LogP contribution in [0.15, 0.2) is 127 Å². The van der Waals surface area contributed by atoms with Gasteiger partial charge in [0, 0.05) is 74.6 Å². The van der Waals surface area contributed by atoms with Crippen molar-refractivity contribution < 1.29 is 43.9 Å². The Kier molecular flexibility index (Phi) is 17.2. The van der Waals surface area contributed by atoms with Gasteiger partial charge in [0.15, 0.2) is 5.78 Å². The first-order chi connectivity index (χ1) is 36.7. The molecule has 13 nitrogen and oxygen atoms in total. The van der Waals surface area contributed by atoms with Crippen molar-refractivity contribution >= 4 is 35.2 Å². The fraction of sp³-hybridized carbons (Fsp3) is 0.328. The number of phenols is 1. The molecule has 1 atom stereocenters. The molecule has 0 aliphatic carbocycles. The average Bonchev–Trinajstić information content (AvgIpc) is 3.41. The van der Waals surface area contributed by atoms with Crippen LogP contribution in [-0.4, -0.2) is 109 Å². The van der Waals surface area contributed by atoms with E-state index in [0.29, 0.717) is 35.5 Å². The molecule has 0 spiro atoms. The summed E-state index contributed by atoms with van der Waals surface area (Å²) < 4.78 is 18.9. The first-order valence-electron chi connectivity index (χ1n) is 26.1. The number of carbonyl (C=O) groups excluding carboxylic acids is 2. The number of aromatic hydroxyl groups is 1. The molecule has 6 aromatic rings. The summed E-state index contributed by atoms with van der Waals surface area (Å²) in [5.74, 6) is 4.02. The van der Waals surface area contributed by atoms with E-state index in [1.165, 1.54) is 42.5 Å². The number of piperazine rings is 2. The van der Waals surface area contributed by atoms with Crippen LogP contribution in [0.3, 0.4) is 0 Å². The number of carboxylic acid groups (broad SMARTS) is 1. The van der Waals surface area contributed by atoms with E-state index in [0.717, 1.165) is 97.5 Å². The number of aliphatic hydroxyl groups is 1. The molecule has 0 radical (unpaired) electrons. The van der Waals surface area contributed by atoms with Crippen molar-refractivity contribution in [2.45, 2.75) is 71.7 Å². The summed E-state index contributed by atoms with van der Waals surface area (Å²) in [5.41, 5.74) is 6.12. The summed E-state index contributed by atoms with van der Waals surface area (Å²) in [6, 6.07) is 36.0. The van der Waals surface area contributed by atoms with Crippen molar-refractivity contribution in [1.29, 1.82) is 0 Å². The minimum atomic E-state index is -1.34. The number of carboxylic acids is 1. The van der Waals surface area contributed by atoms with Crippen LogP contribution in [-0.2, 0) is 24.0 Å². The summed E-state index contributed by atoms with van der Waals surface area (Å²) in [5, 5.41) is 32.9.